The van der Waals surface area contributed by atoms with Crippen LogP contribution in [0.2, 0.25) is 0 Å². The molecular formula is C17H24N2O2. The number of rotatable bonds is 7. The highest BCUT2D eigenvalue weighted by Crippen LogP contribution is 2.35. The van der Waals surface area contributed by atoms with Crippen LogP contribution < -0.4 is 14.8 Å². The number of benzene rings is 1. The second kappa shape index (κ2) is 6.82. The van der Waals surface area contributed by atoms with E-state index >= 15 is 0 Å². The molecule has 0 aliphatic carbocycles. The summed E-state index contributed by atoms with van der Waals surface area (Å²) >= 11 is 0. The molecule has 1 aromatic rings. The van der Waals surface area contributed by atoms with Gasteiger partial charge in [0.2, 0.25) is 0 Å². The summed E-state index contributed by atoms with van der Waals surface area (Å²) in [6, 6.07) is 8.63. The van der Waals surface area contributed by atoms with Crippen molar-refractivity contribution in [2.45, 2.75) is 39.2 Å². The van der Waals surface area contributed by atoms with Gasteiger partial charge in [0, 0.05) is 11.6 Å². The van der Waals surface area contributed by atoms with Crippen LogP contribution >= 0.6 is 0 Å². The first-order valence-electron chi connectivity index (χ1n) is 7.54. The zero-order valence-electron chi connectivity index (χ0n) is 13.1. The van der Waals surface area contributed by atoms with Crippen molar-refractivity contribution in [3.8, 4) is 17.6 Å². The Morgan fingerprint density at radius 3 is 2.95 bits per heavy atom. The Balaban J connectivity index is 1.77. The Morgan fingerprint density at radius 1 is 1.43 bits per heavy atom. The summed E-state index contributed by atoms with van der Waals surface area (Å²) in [7, 11) is 1.94. The van der Waals surface area contributed by atoms with Crippen LogP contribution in [0.15, 0.2) is 18.2 Å². The summed E-state index contributed by atoms with van der Waals surface area (Å²) in [6.45, 7) is 5.31. The zero-order valence-corrected chi connectivity index (χ0v) is 13.1. The quantitative estimate of drug-likeness (QED) is 0.781. The smallest absolute Gasteiger partial charge is 0.127 e. The van der Waals surface area contributed by atoms with Crippen LogP contribution in [-0.2, 0) is 0 Å². The van der Waals surface area contributed by atoms with Crippen molar-refractivity contribution in [1.29, 1.82) is 5.26 Å². The van der Waals surface area contributed by atoms with Gasteiger partial charge in [-0.25, -0.2) is 0 Å². The van der Waals surface area contributed by atoms with Crippen LogP contribution in [-0.4, -0.2) is 20.3 Å². The molecule has 0 saturated heterocycles. The minimum Gasteiger partial charge on any atom is -0.493 e. The maximum absolute atomic E-state index is 8.96. The summed E-state index contributed by atoms with van der Waals surface area (Å²) in [4.78, 5) is 0. The van der Waals surface area contributed by atoms with Gasteiger partial charge in [-0.15, -0.1) is 0 Å². The van der Waals surface area contributed by atoms with Gasteiger partial charge in [0.25, 0.3) is 0 Å². The van der Waals surface area contributed by atoms with Crippen LogP contribution in [0.1, 0.15) is 44.7 Å². The number of ether oxygens (including phenoxy) is 2. The third-order valence-corrected chi connectivity index (χ3v) is 3.88. The third-order valence-electron chi connectivity index (χ3n) is 3.88. The lowest BCUT2D eigenvalue weighted by molar-refractivity contribution is 0.290. The van der Waals surface area contributed by atoms with Crippen molar-refractivity contribution in [2.75, 3.05) is 20.3 Å². The van der Waals surface area contributed by atoms with Gasteiger partial charge in [0.05, 0.1) is 24.1 Å². The zero-order chi connectivity index (χ0) is 15.3. The van der Waals surface area contributed by atoms with E-state index in [1.54, 1.807) is 0 Å². The fourth-order valence-corrected chi connectivity index (χ4v) is 2.43. The molecule has 1 N–H and O–H groups in total. The first-order chi connectivity index (χ1) is 10.1. The summed E-state index contributed by atoms with van der Waals surface area (Å²) < 4.78 is 11.4. The van der Waals surface area contributed by atoms with Gasteiger partial charge in [-0.3, -0.25) is 0 Å². The molecule has 1 heterocycles. The molecule has 0 radical (unpaired) electrons. The molecule has 0 fully saturated rings. The Labute approximate surface area is 127 Å². The molecular weight excluding hydrogens is 264 g/mol. The largest absolute Gasteiger partial charge is 0.493 e. The molecule has 2 rings (SSSR count). The molecule has 4 heteroatoms. The van der Waals surface area contributed by atoms with Gasteiger partial charge >= 0.3 is 0 Å². The normalized spacial score (nSPS) is 17.0. The molecule has 0 saturated carbocycles. The van der Waals surface area contributed by atoms with Crippen molar-refractivity contribution in [3.05, 3.63) is 23.8 Å². The molecule has 114 valence electrons. The first-order valence-corrected chi connectivity index (χ1v) is 7.54. The number of fused-ring (bicyclic) bond motifs is 1. The number of unbranched alkanes of at least 4 members (excludes halogenated alkanes) is 1. The van der Waals surface area contributed by atoms with E-state index in [-0.39, 0.29) is 11.5 Å². The SMILES string of the molecule is CNC1COc2cc(OCCCCC(C)(C)C#N)ccc21. The number of nitrogens with zero attached hydrogens (tertiary/aromatic N) is 1. The van der Waals surface area contributed by atoms with Crippen LogP contribution in [0.5, 0.6) is 11.5 Å². The molecule has 1 aliphatic rings. The molecule has 21 heavy (non-hydrogen) atoms. The van der Waals surface area contributed by atoms with E-state index in [2.05, 4.69) is 17.5 Å². The lowest BCUT2D eigenvalue weighted by Gasteiger charge is -2.14. The second-order valence-electron chi connectivity index (χ2n) is 6.15. The predicted octanol–water partition coefficient (Wildman–Crippen LogP) is 3.44. The summed E-state index contributed by atoms with van der Waals surface area (Å²) in [6.07, 6.45) is 2.87. The Bertz CT molecular complexity index is 520. The molecule has 1 aliphatic heterocycles. The van der Waals surface area contributed by atoms with Crippen molar-refractivity contribution in [3.63, 3.8) is 0 Å². The summed E-state index contributed by atoms with van der Waals surface area (Å²) in [5.41, 5.74) is 0.962. The lowest BCUT2D eigenvalue weighted by atomic mass is 9.89. The minimum absolute atomic E-state index is 0.233. The van der Waals surface area contributed by atoms with Crippen LogP contribution in [0, 0.1) is 16.7 Å². The van der Waals surface area contributed by atoms with Gasteiger partial charge in [0.15, 0.2) is 0 Å². The Hall–Kier alpha value is -1.73. The number of likely N-dealkylation sites (N-methyl/N-ethyl adjacent to an activating group) is 1. The predicted molar refractivity (Wildman–Crippen MR) is 82.5 cm³/mol. The average Bonchev–Trinajstić information content (AvgIpc) is 2.89. The Morgan fingerprint density at radius 2 is 2.24 bits per heavy atom. The maximum Gasteiger partial charge on any atom is 0.127 e. The lowest BCUT2D eigenvalue weighted by Crippen LogP contribution is -2.17. The highest BCUT2D eigenvalue weighted by molar-refractivity contribution is 5.44. The number of hydrogen-bond acceptors (Lipinski definition) is 4. The molecule has 0 bridgehead atoms. The van der Waals surface area contributed by atoms with Crippen LogP contribution in [0.3, 0.4) is 0 Å². The van der Waals surface area contributed by atoms with Crippen molar-refractivity contribution in [1.82, 2.24) is 5.32 Å². The van der Waals surface area contributed by atoms with Gasteiger partial charge in [-0.05, 0) is 52.3 Å². The molecule has 0 spiro atoms. The van der Waals surface area contributed by atoms with E-state index in [1.165, 1.54) is 5.56 Å². The van der Waals surface area contributed by atoms with Gasteiger partial charge in [-0.2, -0.15) is 5.26 Å². The van der Waals surface area contributed by atoms with E-state index in [9.17, 15) is 0 Å². The highest BCUT2D eigenvalue weighted by atomic mass is 16.5. The number of nitrogens with one attached hydrogen (secondary N) is 1. The maximum atomic E-state index is 8.96. The fraction of sp³-hybridized carbons (Fsp3) is 0.588. The van der Waals surface area contributed by atoms with E-state index in [4.69, 9.17) is 14.7 Å². The fourth-order valence-electron chi connectivity index (χ4n) is 2.43. The van der Waals surface area contributed by atoms with Crippen LogP contribution in [0.4, 0.5) is 0 Å². The molecule has 4 nitrogen and oxygen atoms in total. The topological polar surface area (TPSA) is 54.3 Å². The van der Waals surface area contributed by atoms with Gasteiger partial charge in [-0.1, -0.05) is 0 Å². The molecule has 1 unspecified atom stereocenters. The van der Waals surface area contributed by atoms with Crippen LogP contribution in [0.25, 0.3) is 0 Å². The second-order valence-corrected chi connectivity index (χ2v) is 6.15. The third kappa shape index (κ3) is 4.12. The Kier molecular flexibility index (Phi) is 5.08. The standard InChI is InChI=1S/C17H24N2O2/c1-17(2,12-18)8-4-5-9-20-13-6-7-14-15(19-3)11-21-16(14)10-13/h6-7,10,15,19H,4-5,8-9,11H2,1-3H3. The monoisotopic (exact) mass is 288 g/mol. The first kappa shape index (κ1) is 15.7. The van der Waals surface area contributed by atoms with E-state index in [0.29, 0.717) is 13.2 Å². The number of nitriles is 1. The molecule has 1 aromatic carbocycles. The van der Waals surface area contributed by atoms with Gasteiger partial charge < -0.3 is 14.8 Å². The van der Waals surface area contributed by atoms with E-state index in [1.807, 2.05) is 33.0 Å². The van der Waals surface area contributed by atoms with E-state index < -0.39 is 0 Å². The van der Waals surface area contributed by atoms with E-state index in [0.717, 1.165) is 30.8 Å². The number of hydrogen-bond donors (Lipinski definition) is 1. The van der Waals surface area contributed by atoms with Crippen molar-refractivity contribution in [2.24, 2.45) is 5.41 Å². The van der Waals surface area contributed by atoms with Crippen molar-refractivity contribution < 1.29 is 9.47 Å². The summed E-state index contributed by atoms with van der Waals surface area (Å²) in [5, 5.41) is 12.2. The minimum atomic E-state index is -0.233. The molecule has 1 atom stereocenters. The molecule has 0 amide bonds. The summed E-state index contributed by atoms with van der Waals surface area (Å²) in [5.74, 6) is 1.77. The van der Waals surface area contributed by atoms with Crippen molar-refractivity contribution >= 4 is 0 Å². The average molecular weight is 288 g/mol. The van der Waals surface area contributed by atoms with Gasteiger partial charge in [0.1, 0.15) is 18.1 Å². The highest BCUT2D eigenvalue weighted by Gasteiger charge is 2.22. The molecule has 0 aromatic heterocycles.